The molecule has 4 N–H and O–H groups in total. The van der Waals surface area contributed by atoms with E-state index >= 15 is 0 Å². The molecule has 34 heavy (non-hydrogen) atoms. The molecule has 0 saturated carbocycles. The number of amides is 1. The SMILES string of the molecule is C=CCC(CC(F)C(F)/C=C\C)c1sc(Nc2ccc(C(=O)Nc3ccccc3)cc2)nc1N. The lowest BCUT2D eigenvalue weighted by Crippen LogP contribution is -2.18. The Morgan fingerprint density at radius 2 is 1.85 bits per heavy atom. The minimum atomic E-state index is -1.67. The van der Waals surface area contributed by atoms with Gasteiger partial charge < -0.3 is 16.4 Å². The minimum absolute atomic E-state index is 0.0193. The van der Waals surface area contributed by atoms with Crippen molar-refractivity contribution in [2.24, 2.45) is 0 Å². The Hall–Kier alpha value is -3.52. The van der Waals surface area contributed by atoms with Gasteiger partial charge in [0.05, 0.1) is 4.88 Å². The lowest BCUT2D eigenvalue weighted by molar-refractivity contribution is 0.102. The molecule has 1 heterocycles. The molecular weight excluding hydrogens is 454 g/mol. The molecule has 3 unspecified atom stereocenters. The highest BCUT2D eigenvalue weighted by molar-refractivity contribution is 7.16. The zero-order valence-corrected chi connectivity index (χ0v) is 19.7. The summed E-state index contributed by atoms with van der Waals surface area (Å²) in [7, 11) is 0. The van der Waals surface area contributed by atoms with Crippen molar-refractivity contribution in [3.05, 3.63) is 89.8 Å². The summed E-state index contributed by atoms with van der Waals surface area (Å²) < 4.78 is 28.3. The zero-order chi connectivity index (χ0) is 24.5. The van der Waals surface area contributed by atoms with E-state index in [4.69, 9.17) is 5.73 Å². The van der Waals surface area contributed by atoms with Crippen LogP contribution in [0.1, 0.15) is 40.9 Å². The van der Waals surface area contributed by atoms with Gasteiger partial charge in [0.2, 0.25) is 0 Å². The van der Waals surface area contributed by atoms with Gasteiger partial charge in [0.1, 0.15) is 18.2 Å². The van der Waals surface area contributed by atoms with Gasteiger partial charge in [-0.2, -0.15) is 0 Å². The van der Waals surface area contributed by atoms with E-state index in [1.807, 2.05) is 30.3 Å². The number of nitrogens with zero attached hydrogens (tertiary/aromatic N) is 1. The molecule has 5 nitrogen and oxygen atoms in total. The van der Waals surface area contributed by atoms with Crippen LogP contribution in [0.5, 0.6) is 0 Å². The van der Waals surface area contributed by atoms with Crippen molar-refractivity contribution in [1.29, 1.82) is 0 Å². The second-order valence-corrected chi connectivity index (χ2v) is 8.76. The van der Waals surface area contributed by atoms with E-state index in [2.05, 4.69) is 22.2 Å². The van der Waals surface area contributed by atoms with E-state index in [0.29, 0.717) is 22.0 Å². The van der Waals surface area contributed by atoms with Crippen LogP contribution in [0.15, 0.2) is 79.4 Å². The van der Waals surface area contributed by atoms with Crippen molar-refractivity contribution < 1.29 is 13.6 Å². The number of thiazole rings is 1. The standard InChI is InChI=1S/C26H28F2N4OS/c1-3-8-18(16-22(28)21(27)9-4-2)23-24(29)32-26(34-23)31-20-14-12-17(13-15-20)25(33)30-19-10-6-5-7-11-19/h3-7,9-15,18,21-22H,1,8,16,29H2,2H3,(H,30,33)(H,31,32)/b9-4-. The van der Waals surface area contributed by atoms with E-state index in [1.54, 1.807) is 37.3 Å². The maximum atomic E-state index is 14.4. The highest BCUT2D eigenvalue weighted by Crippen LogP contribution is 2.38. The molecule has 178 valence electrons. The van der Waals surface area contributed by atoms with Crippen molar-refractivity contribution in [3.63, 3.8) is 0 Å². The number of halogens is 2. The average molecular weight is 483 g/mol. The molecule has 3 atom stereocenters. The lowest BCUT2D eigenvalue weighted by Gasteiger charge is -2.18. The smallest absolute Gasteiger partial charge is 0.255 e. The Morgan fingerprint density at radius 1 is 1.15 bits per heavy atom. The molecule has 0 radical (unpaired) electrons. The fourth-order valence-corrected chi connectivity index (χ4v) is 4.49. The Labute approximate surface area is 202 Å². The highest BCUT2D eigenvalue weighted by Gasteiger charge is 2.26. The van der Waals surface area contributed by atoms with Gasteiger partial charge in [0.15, 0.2) is 5.13 Å². The number of hydrogen-bond acceptors (Lipinski definition) is 5. The quantitative estimate of drug-likeness (QED) is 0.257. The first-order chi connectivity index (χ1) is 16.4. The molecule has 1 amide bonds. The first-order valence-corrected chi connectivity index (χ1v) is 11.7. The first kappa shape index (κ1) is 25.1. The molecule has 0 aliphatic heterocycles. The number of aromatic nitrogens is 1. The van der Waals surface area contributed by atoms with E-state index in [0.717, 1.165) is 11.4 Å². The minimum Gasteiger partial charge on any atom is -0.383 e. The molecule has 0 aliphatic carbocycles. The van der Waals surface area contributed by atoms with Crippen LogP contribution in [-0.4, -0.2) is 23.2 Å². The molecule has 0 saturated heterocycles. The summed E-state index contributed by atoms with van der Waals surface area (Å²) in [6, 6.07) is 16.1. The third-order valence-electron chi connectivity index (χ3n) is 5.16. The number of carbonyl (C=O) groups is 1. The number of alkyl halides is 2. The van der Waals surface area contributed by atoms with E-state index in [9.17, 15) is 13.6 Å². The highest BCUT2D eigenvalue weighted by atomic mass is 32.1. The summed E-state index contributed by atoms with van der Waals surface area (Å²) >= 11 is 1.30. The predicted octanol–water partition coefficient (Wildman–Crippen LogP) is 7.02. The van der Waals surface area contributed by atoms with Crippen LogP contribution in [0.3, 0.4) is 0 Å². The maximum Gasteiger partial charge on any atom is 0.255 e. The summed E-state index contributed by atoms with van der Waals surface area (Å²) in [6.07, 6.45) is 1.51. The predicted molar refractivity (Wildman–Crippen MR) is 137 cm³/mol. The third kappa shape index (κ3) is 6.74. The van der Waals surface area contributed by atoms with Gasteiger partial charge in [-0.15, -0.1) is 6.58 Å². The van der Waals surface area contributed by atoms with E-state index < -0.39 is 12.3 Å². The number of nitrogen functional groups attached to an aromatic ring is 1. The molecule has 0 bridgehead atoms. The fraction of sp³-hybridized carbons (Fsp3) is 0.231. The Balaban J connectivity index is 1.68. The number of nitrogens with two attached hydrogens (primary N) is 1. The molecule has 2 aromatic carbocycles. The number of hydrogen-bond donors (Lipinski definition) is 3. The fourth-order valence-electron chi connectivity index (χ4n) is 3.46. The van der Waals surface area contributed by atoms with Crippen LogP contribution >= 0.6 is 11.3 Å². The molecule has 3 aromatic rings. The normalized spacial score (nSPS) is 13.9. The summed E-state index contributed by atoms with van der Waals surface area (Å²) in [5, 5.41) is 6.53. The van der Waals surface area contributed by atoms with Crippen molar-refractivity contribution in [1.82, 2.24) is 4.98 Å². The number of para-hydroxylation sites is 1. The number of anilines is 4. The van der Waals surface area contributed by atoms with Crippen LogP contribution in [0.25, 0.3) is 0 Å². The Bertz CT molecular complexity index is 1120. The Morgan fingerprint density at radius 3 is 2.50 bits per heavy atom. The monoisotopic (exact) mass is 482 g/mol. The number of rotatable bonds is 11. The molecular formula is C26H28F2N4OS. The second-order valence-electron chi connectivity index (χ2n) is 7.73. The summed E-state index contributed by atoms with van der Waals surface area (Å²) in [6.45, 7) is 5.39. The summed E-state index contributed by atoms with van der Waals surface area (Å²) in [5.41, 5.74) is 8.06. The maximum absolute atomic E-state index is 14.4. The van der Waals surface area contributed by atoms with Crippen LogP contribution in [-0.2, 0) is 0 Å². The second kappa shape index (κ2) is 12.1. The van der Waals surface area contributed by atoms with Crippen LogP contribution in [0.4, 0.5) is 31.1 Å². The zero-order valence-electron chi connectivity index (χ0n) is 18.9. The molecule has 1 aromatic heterocycles. The van der Waals surface area contributed by atoms with Gasteiger partial charge in [-0.1, -0.05) is 47.8 Å². The molecule has 8 heteroatoms. The molecule has 0 aliphatic rings. The topological polar surface area (TPSA) is 80.0 Å². The molecule has 0 spiro atoms. The number of allylic oxidation sites excluding steroid dienone is 3. The van der Waals surface area contributed by atoms with Crippen molar-refractivity contribution in [2.45, 2.75) is 38.0 Å². The van der Waals surface area contributed by atoms with Gasteiger partial charge in [0.25, 0.3) is 5.91 Å². The van der Waals surface area contributed by atoms with Gasteiger partial charge in [-0.3, -0.25) is 4.79 Å². The molecule has 3 rings (SSSR count). The van der Waals surface area contributed by atoms with Crippen molar-refractivity contribution in [3.8, 4) is 0 Å². The van der Waals surface area contributed by atoms with Crippen molar-refractivity contribution in [2.75, 3.05) is 16.4 Å². The third-order valence-corrected chi connectivity index (χ3v) is 6.31. The van der Waals surface area contributed by atoms with Gasteiger partial charge >= 0.3 is 0 Å². The summed E-state index contributed by atoms with van der Waals surface area (Å²) in [4.78, 5) is 17.5. The Kier molecular flexibility index (Phi) is 8.93. The van der Waals surface area contributed by atoms with Crippen molar-refractivity contribution >= 4 is 39.6 Å². The molecule has 0 fully saturated rings. The largest absolute Gasteiger partial charge is 0.383 e. The number of benzene rings is 2. The van der Waals surface area contributed by atoms with Gasteiger partial charge in [0, 0.05) is 22.9 Å². The first-order valence-electron chi connectivity index (χ1n) is 10.9. The van der Waals surface area contributed by atoms with E-state index in [-0.39, 0.29) is 24.1 Å². The summed E-state index contributed by atoms with van der Waals surface area (Å²) in [5.74, 6) is -0.254. The number of nitrogens with one attached hydrogen (secondary N) is 2. The van der Waals surface area contributed by atoms with Gasteiger partial charge in [-0.05, 0) is 56.2 Å². The van der Waals surface area contributed by atoms with Crippen LogP contribution in [0, 0.1) is 0 Å². The van der Waals surface area contributed by atoms with Crippen LogP contribution < -0.4 is 16.4 Å². The lowest BCUT2D eigenvalue weighted by atomic mass is 9.95. The van der Waals surface area contributed by atoms with Gasteiger partial charge in [-0.25, -0.2) is 13.8 Å². The average Bonchev–Trinajstić information content (AvgIpc) is 3.19. The number of carbonyl (C=O) groups excluding carboxylic acids is 1. The van der Waals surface area contributed by atoms with Crippen LogP contribution in [0.2, 0.25) is 0 Å². The van der Waals surface area contributed by atoms with E-state index in [1.165, 1.54) is 23.5 Å².